The molecule has 0 aliphatic carbocycles. The maximum Gasteiger partial charge on any atom is 0.0746 e. The summed E-state index contributed by atoms with van der Waals surface area (Å²) in [7, 11) is 0. The van der Waals surface area contributed by atoms with Gasteiger partial charge >= 0.3 is 0 Å². The third-order valence-electron chi connectivity index (χ3n) is 4.36. The lowest BCUT2D eigenvalue weighted by Crippen LogP contribution is -2.04. The molecular formula is C23H25N. The van der Waals surface area contributed by atoms with Crippen molar-refractivity contribution in [3.8, 4) is 22.5 Å². The number of aromatic nitrogens is 1. The molecule has 0 amide bonds. The predicted molar refractivity (Wildman–Crippen MR) is 103 cm³/mol. The quantitative estimate of drug-likeness (QED) is 0.524. The fraction of sp³-hybridized carbons (Fsp3) is 0.261. The Kier molecular flexibility index (Phi) is 5.10. The van der Waals surface area contributed by atoms with Crippen molar-refractivity contribution in [2.75, 3.05) is 0 Å². The Labute approximate surface area is 145 Å². The Morgan fingerprint density at radius 2 is 1.42 bits per heavy atom. The summed E-state index contributed by atoms with van der Waals surface area (Å²) in [6, 6.07) is 23.4. The summed E-state index contributed by atoms with van der Waals surface area (Å²) in [6.07, 6.45) is 2.24. The molecule has 0 N–H and O–H groups in total. The molecule has 0 radical (unpaired) electrons. The van der Waals surface area contributed by atoms with Gasteiger partial charge in [0.15, 0.2) is 0 Å². The van der Waals surface area contributed by atoms with Gasteiger partial charge in [-0.1, -0.05) is 87.9 Å². The van der Waals surface area contributed by atoms with Crippen LogP contribution < -0.4 is 0 Å². The highest BCUT2D eigenvalue weighted by atomic mass is 14.7. The summed E-state index contributed by atoms with van der Waals surface area (Å²) in [5.74, 6) is 0.457. The SMILES string of the molecule is CCCc1cc(-c2ccccc2)nc(-c2ccccc2)c1C(C)C. The van der Waals surface area contributed by atoms with Crippen LogP contribution in [0.2, 0.25) is 0 Å². The lowest BCUT2D eigenvalue weighted by Gasteiger charge is -2.19. The van der Waals surface area contributed by atoms with E-state index < -0.39 is 0 Å². The topological polar surface area (TPSA) is 12.9 Å². The Balaban J connectivity index is 2.26. The van der Waals surface area contributed by atoms with Crippen LogP contribution in [0, 0.1) is 0 Å². The maximum atomic E-state index is 5.08. The Bertz CT molecular complexity index is 789. The minimum atomic E-state index is 0.457. The number of aryl methyl sites for hydroxylation is 1. The van der Waals surface area contributed by atoms with Gasteiger partial charge in [-0.25, -0.2) is 4.98 Å². The number of rotatable bonds is 5. The molecule has 0 atom stereocenters. The number of benzene rings is 2. The van der Waals surface area contributed by atoms with Crippen LogP contribution >= 0.6 is 0 Å². The van der Waals surface area contributed by atoms with Crippen molar-refractivity contribution in [3.63, 3.8) is 0 Å². The number of pyridine rings is 1. The van der Waals surface area contributed by atoms with Crippen LogP contribution in [0.1, 0.15) is 44.2 Å². The molecule has 1 nitrogen and oxygen atoms in total. The molecule has 0 saturated heterocycles. The molecule has 0 bridgehead atoms. The van der Waals surface area contributed by atoms with E-state index in [-0.39, 0.29) is 0 Å². The first-order valence-electron chi connectivity index (χ1n) is 8.85. The summed E-state index contributed by atoms with van der Waals surface area (Å²) < 4.78 is 0. The summed E-state index contributed by atoms with van der Waals surface area (Å²) in [5, 5.41) is 0. The first-order valence-corrected chi connectivity index (χ1v) is 8.85. The molecule has 0 aliphatic rings. The van der Waals surface area contributed by atoms with E-state index >= 15 is 0 Å². The lowest BCUT2D eigenvalue weighted by molar-refractivity contribution is 0.816. The van der Waals surface area contributed by atoms with Gasteiger partial charge < -0.3 is 0 Å². The van der Waals surface area contributed by atoms with E-state index in [1.54, 1.807) is 0 Å². The molecule has 0 aliphatic heterocycles. The fourth-order valence-electron chi connectivity index (χ4n) is 3.30. The molecule has 3 rings (SSSR count). The minimum absolute atomic E-state index is 0.457. The molecule has 2 aromatic carbocycles. The summed E-state index contributed by atoms with van der Waals surface area (Å²) in [4.78, 5) is 5.08. The van der Waals surface area contributed by atoms with E-state index in [0.29, 0.717) is 5.92 Å². The second-order valence-electron chi connectivity index (χ2n) is 6.57. The van der Waals surface area contributed by atoms with Gasteiger partial charge in [-0.3, -0.25) is 0 Å². The number of hydrogen-bond donors (Lipinski definition) is 0. The molecule has 1 heterocycles. The van der Waals surface area contributed by atoms with E-state index in [2.05, 4.69) is 87.5 Å². The normalized spacial score (nSPS) is 11.0. The van der Waals surface area contributed by atoms with Crippen molar-refractivity contribution >= 4 is 0 Å². The zero-order valence-electron chi connectivity index (χ0n) is 14.8. The molecular weight excluding hydrogens is 290 g/mol. The summed E-state index contributed by atoms with van der Waals surface area (Å²) in [6.45, 7) is 6.78. The van der Waals surface area contributed by atoms with Crippen LogP contribution in [0.5, 0.6) is 0 Å². The Morgan fingerprint density at radius 1 is 0.833 bits per heavy atom. The van der Waals surface area contributed by atoms with E-state index in [1.165, 1.54) is 22.3 Å². The van der Waals surface area contributed by atoms with Crippen LogP contribution in [0.15, 0.2) is 66.7 Å². The van der Waals surface area contributed by atoms with Gasteiger partial charge in [0.2, 0.25) is 0 Å². The minimum Gasteiger partial charge on any atom is -0.247 e. The average molecular weight is 315 g/mol. The van der Waals surface area contributed by atoms with Crippen LogP contribution in [0.4, 0.5) is 0 Å². The van der Waals surface area contributed by atoms with Gasteiger partial charge in [0.05, 0.1) is 11.4 Å². The number of nitrogens with zero attached hydrogens (tertiary/aromatic N) is 1. The molecule has 1 heteroatoms. The Hall–Kier alpha value is -2.41. The molecule has 0 unspecified atom stereocenters. The second-order valence-corrected chi connectivity index (χ2v) is 6.57. The maximum absolute atomic E-state index is 5.08. The van der Waals surface area contributed by atoms with E-state index in [0.717, 1.165) is 24.2 Å². The number of hydrogen-bond acceptors (Lipinski definition) is 1. The first-order chi connectivity index (χ1) is 11.7. The largest absolute Gasteiger partial charge is 0.247 e. The predicted octanol–water partition coefficient (Wildman–Crippen LogP) is 6.49. The highest BCUT2D eigenvalue weighted by molar-refractivity contribution is 5.71. The molecule has 0 saturated carbocycles. The van der Waals surface area contributed by atoms with Crippen molar-refractivity contribution in [3.05, 3.63) is 77.9 Å². The standard InChI is InChI=1S/C23H25N/c1-4-11-20-16-21(18-12-7-5-8-13-18)24-23(22(20)17(2)3)19-14-9-6-10-15-19/h5-10,12-17H,4,11H2,1-3H3. The van der Waals surface area contributed by atoms with Crippen molar-refractivity contribution in [1.82, 2.24) is 4.98 Å². The molecule has 122 valence electrons. The van der Waals surface area contributed by atoms with Gasteiger partial charge in [-0.15, -0.1) is 0 Å². The fourth-order valence-corrected chi connectivity index (χ4v) is 3.30. The van der Waals surface area contributed by atoms with Crippen LogP contribution in [0.3, 0.4) is 0 Å². The van der Waals surface area contributed by atoms with E-state index in [9.17, 15) is 0 Å². The highest BCUT2D eigenvalue weighted by Gasteiger charge is 2.17. The first kappa shape index (κ1) is 16.4. The van der Waals surface area contributed by atoms with E-state index in [4.69, 9.17) is 4.98 Å². The average Bonchev–Trinajstić information content (AvgIpc) is 2.62. The summed E-state index contributed by atoms with van der Waals surface area (Å²) in [5.41, 5.74) is 7.42. The van der Waals surface area contributed by atoms with Crippen LogP contribution in [-0.4, -0.2) is 4.98 Å². The molecule has 1 aromatic heterocycles. The van der Waals surface area contributed by atoms with Crippen LogP contribution in [0.25, 0.3) is 22.5 Å². The third kappa shape index (κ3) is 3.41. The van der Waals surface area contributed by atoms with Crippen molar-refractivity contribution < 1.29 is 0 Å². The van der Waals surface area contributed by atoms with Gasteiger partial charge in [0.1, 0.15) is 0 Å². The smallest absolute Gasteiger partial charge is 0.0746 e. The van der Waals surface area contributed by atoms with Crippen LogP contribution in [-0.2, 0) is 6.42 Å². The zero-order valence-corrected chi connectivity index (χ0v) is 14.8. The third-order valence-corrected chi connectivity index (χ3v) is 4.36. The van der Waals surface area contributed by atoms with Gasteiger partial charge in [0.25, 0.3) is 0 Å². The van der Waals surface area contributed by atoms with Gasteiger partial charge in [-0.2, -0.15) is 0 Å². The Morgan fingerprint density at radius 3 is 1.96 bits per heavy atom. The van der Waals surface area contributed by atoms with Gasteiger partial charge in [-0.05, 0) is 29.5 Å². The molecule has 0 spiro atoms. The van der Waals surface area contributed by atoms with Gasteiger partial charge in [0, 0.05) is 11.1 Å². The molecule has 3 aromatic rings. The second kappa shape index (κ2) is 7.44. The lowest BCUT2D eigenvalue weighted by atomic mass is 9.89. The summed E-state index contributed by atoms with van der Waals surface area (Å²) >= 11 is 0. The van der Waals surface area contributed by atoms with Crippen molar-refractivity contribution in [1.29, 1.82) is 0 Å². The zero-order chi connectivity index (χ0) is 16.9. The van der Waals surface area contributed by atoms with Crippen molar-refractivity contribution in [2.24, 2.45) is 0 Å². The monoisotopic (exact) mass is 315 g/mol. The van der Waals surface area contributed by atoms with Crippen molar-refractivity contribution in [2.45, 2.75) is 39.5 Å². The molecule has 0 fully saturated rings. The molecule has 24 heavy (non-hydrogen) atoms. The van der Waals surface area contributed by atoms with E-state index in [1.807, 2.05) is 0 Å². The highest BCUT2D eigenvalue weighted by Crippen LogP contribution is 2.34.